The molecule has 1 amide bonds. The van der Waals surface area contributed by atoms with E-state index in [9.17, 15) is 14.7 Å². The number of methoxy groups -OCH3 is 1. The fourth-order valence-electron chi connectivity index (χ4n) is 3.32. The molecule has 0 aromatic heterocycles. The second kappa shape index (κ2) is 7.66. The van der Waals surface area contributed by atoms with Crippen molar-refractivity contribution in [2.45, 2.75) is 38.8 Å². The molecule has 1 saturated carbocycles. The summed E-state index contributed by atoms with van der Waals surface area (Å²) in [5, 5.41) is 9.68. The van der Waals surface area contributed by atoms with Gasteiger partial charge in [-0.15, -0.1) is 0 Å². The molecule has 0 radical (unpaired) electrons. The van der Waals surface area contributed by atoms with Crippen LogP contribution in [0.4, 0.5) is 0 Å². The van der Waals surface area contributed by atoms with Crippen molar-refractivity contribution in [2.75, 3.05) is 20.3 Å². The Labute approximate surface area is 154 Å². The fraction of sp³-hybridized carbons (Fsp3) is 0.556. The maximum atomic E-state index is 13.0. The van der Waals surface area contributed by atoms with Crippen molar-refractivity contribution < 1.29 is 24.2 Å². The predicted octanol–water partition coefficient (Wildman–Crippen LogP) is 1.86. The van der Waals surface area contributed by atoms with Crippen molar-refractivity contribution in [3.63, 3.8) is 0 Å². The van der Waals surface area contributed by atoms with Gasteiger partial charge >= 0.3 is 5.97 Å². The molecule has 0 bridgehead atoms. The molecule has 2 aliphatic rings. The SMILES string of the molecule is COC(=O)c1ccc2c(c1)OC[C@H](C)N(C(=O)C1(CO)CCC1)C2.S. The standard InChI is InChI=1S/C18H23NO5.H2S/c1-12-10-24-15-8-13(16(21)23-2)4-5-14(15)9-19(12)17(22)18(11-20)6-3-7-18;/h4-5,8,12,20H,3,6-7,9-11H2,1-2H3;1H2/t12-;/m0./s1. The van der Waals surface area contributed by atoms with Crippen LogP contribution in [0.25, 0.3) is 0 Å². The summed E-state index contributed by atoms with van der Waals surface area (Å²) in [7, 11) is 1.34. The van der Waals surface area contributed by atoms with Gasteiger partial charge in [0.15, 0.2) is 0 Å². The number of hydrogen-bond donors (Lipinski definition) is 1. The summed E-state index contributed by atoms with van der Waals surface area (Å²) >= 11 is 0. The Morgan fingerprint density at radius 1 is 1.40 bits per heavy atom. The van der Waals surface area contributed by atoms with Gasteiger partial charge in [-0.3, -0.25) is 4.79 Å². The summed E-state index contributed by atoms with van der Waals surface area (Å²) in [6.45, 7) is 2.60. The number of aliphatic hydroxyl groups excluding tert-OH is 1. The highest BCUT2D eigenvalue weighted by molar-refractivity contribution is 7.59. The quantitative estimate of drug-likeness (QED) is 0.826. The predicted molar refractivity (Wildman–Crippen MR) is 97.0 cm³/mol. The molecular weight excluding hydrogens is 342 g/mol. The van der Waals surface area contributed by atoms with E-state index in [2.05, 4.69) is 0 Å². The van der Waals surface area contributed by atoms with Gasteiger partial charge < -0.3 is 19.5 Å². The van der Waals surface area contributed by atoms with Crippen molar-refractivity contribution in [3.05, 3.63) is 29.3 Å². The van der Waals surface area contributed by atoms with Crippen molar-refractivity contribution in [1.82, 2.24) is 4.90 Å². The van der Waals surface area contributed by atoms with Crippen LogP contribution in [-0.2, 0) is 16.1 Å². The molecule has 0 unspecified atom stereocenters. The fourth-order valence-corrected chi connectivity index (χ4v) is 3.32. The molecule has 3 rings (SSSR count). The minimum atomic E-state index is -0.620. The normalized spacial score (nSPS) is 20.9. The van der Waals surface area contributed by atoms with Crippen LogP contribution in [-0.4, -0.2) is 48.2 Å². The number of fused-ring (bicyclic) bond motifs is 1. The number of ether oxygens (including phenoxy) is 2. The number of amides is 1. The van der Waals surface area contributed by atoms with E-state index in [-0.39, 0.29) is 32.1 Å². The summed E-state index contributed by atoms with van der Waals surface area (Å²) in [5.74, 6) is 0.185. The molecule has 1 aliphatic heterocycles. The van der Waals surface area contributed by atoms with Crippen molar-refractivity contribution in [2.24, 2.45) is 5.41 Å². The smallest absolute Gasteiger partial charge is 0.337 e. The maximum absolute atomic E-state index is 13.0. The summed E-state index contributed by atoms with van der Waals surface area (Å²) in [5.41, 5.74) is 0.660. The monoisotopic (exact) mass is 367 g/mol. The van der Waals surface area contributed by atoms with Gasteiger partial charge in [-0.05, 0) is 31.9 Å². The Morgan fingerprint density at radius 2 is 2.12 bits per heavy atom. The zero-order valence-corrected chi connectivity index (χ0v) is 15.6. The van der Waals surface area contributed by atoms with Crippen LogP contribution in [0.2, 0.25) is 0 Å². The van der Waals surface area contributed by atoms with Gasteiger partial charge in [-0.1, -0.05) is 12.5 Å². The maximum Gasteiger partial charge on any atom is 0.337 e. The Morgan fingerprint density at radius 3 is 2.68 bits per heavy atom. The molecule has 1 fully saturated rings. The largest absolute Gasteiger partial charge is 0.491 e. The highest BCUT2D eigenvalue weighted by Gasteiger charge is 2.47. The number of rotatable bonds is 3. The van der Waals surface area contributed by atoms with Gasteiger partial charge in [0, 0.05) is 12.1 Å². The zero-order chi connectivity index (χ0) is 17.3. The van der Waals surface area contributed by atoms with Crippen molar-refractivity contribution in [1.29, 1.82) is 0 Å². The van der Waals surface area contributed by atoms with Crippen LogP contribution < -0.4 is 4.74 Å². The highest BCUT2D eigenvalue weighted by atomic mass is 32.1. The Hall–Kier alpha value is -1.73. The number of nitrogens with zero attached hydrogens (tertiary/aromatic N) is 1. The molecule has 25 heavy (non-hydrogen) atoms. The van der Waals surface area contributed by atoms with E-state index < -0.39 is 11.4 Å². The van der Waals surface area contributed by atoms with Gasteiger partial charge in [0.2, 0.25) is 5.91 Å². The van der Waals surface area contributed by atoms with E-state index in [1.165, 1.54) is 7.11 Å². The minimum Gasteiger partial charge on any atom is -0.491 e. The summed E-state index contributed by atoms with van der Waals surface area (Å²) in [6, 6.07) is 5.03. The van der Waals surface area contributed by atoms with Crippen LogP contribution in [0.1, 0.15) is 42.1 Å². The molecule has 6 nitrogen and oxygen atoms in total. The lowest BCUT2D eigenvalue weighted by Crippen LogP contribution is -2.53. The van der Waals surface area contributed by atoms with Crippen molar-refractivity contribution >= 4 is 25.4 Å². The van der Waals surface area contributed by atoms with E-state index in [1.807, 2.05) is 6.92 Å². The summed E-state index contributed by atoms with van der Waals surface area (Å²) in [4.78, 5) is 26.4. The average molecular weight is 367 g/mol. The van der Waals surface area contributed by atoms with E-state index in [4.69, 9.17) is 9.47 Å². The third kappa shape index (κ3) is 3.48. The Balaban J connectivity index is 0.00000225. The first kappa shape index (κ1) is 19.6. The highest BCUT2D eigenvalue weighted by Crippen LogP contribution is 2.43. The molecule has 7 heteroatoms. The van der Waals surface area contributed by atoms with Gasteiger partial charge in [0.25, 0.3) is 0 Å². The molecule has 1 aliphatic carbocycles. The van der Waals surface area contributed by atoms with E-state index >= 15 is 0 Å². The summed E-state index contributed by atoms with van der Waals surface area (Å²) < 4.78 is 10.5. The molecule has 1 atom stereocenters. The second-order valence-electron chi connectivity index (χ2n) is 6.70. The number of esters is 1. The van der Waals surface area contributed by atoms with Gasteiger partial charge in [0.05, 0.1) is 30.7 Å². The first-order valence-corrected chi connectivity index (χ1v) is 8.27. The van der Waals surface area contributed by atoms with Gasteiger partial charge in [0.1, 0.15) is 12.4 Å². The number of carbonyl (C=O) groups is 2. The van der Waals surface area contributed by atoms with Crippen LogP contribution in [0.15, 0.2) is 18.2 Å². The topological polar surface area (TPSA) is 76.1 Å². The number of aliphatic hydroxyl groups is 1. The molecule has 0 spiro atoms. The summed E-state index contributed by atoms with van der Waals surface area (Å²) in [6.07, 6.45) is 2.45. The van der Waals surface area contributed by atoms with Gasteiger partial charge in [-0.25, -0.2) is 4.79 Å². The van der Waals surface area contributed by atoms with E-state index in [0.717, 1.165) is 24.8 Å². The molecule has 1 heterocycles. The Kier molecular flexibility index (Phi) is 6.00. The first-order chi connectivity index (χ1) is 11.5. The van der Waals surface area contributed by atoms with E-state index in [0.29, 0.717) is 24.5 Å². The number of carbonyl (C=O) groups excluding carboxylic acids is 2. The molecule has 138 valence electrons. The van der Waals surface area contributed by atoms with Crippen LogP contribution in [0.5, 0.6) is 5.75 Å². The number of hydrogen-bond acceptors (Lipinski definition) is 5. The lowest BCUT2D eigenvalue weighted by atomic mass is 9.68. The van der Waals surface area contributed by atoms with Crippen LogP contribution >= 0.6 is 13.5 Å². The molecule has 1 aromatic rings. The molecule has 1 N–H and O–H groups in total. The van der Waals surface area contributed by atoms with E-state index in [1.54, 1.807) is 23.1 Å². The lowest BCUT2D eigenvalue weighted by Gasteiger charge is -2.43. The zero-order valence-electron chi connectivity index (χ0n) is 14.6. The van der Waals surface area contributed by atoms with Gasteiger partial charge in [-0.2, -0.15) is 13.5 Å². The Bertz CT molecular complexity index is 653. The molecule has 1 aromatic carbocycles. The molecule has 0 saturated heterocycles. The van der Waals surface area contributed by atoms with Crippen molar-refractivity contribution in [3.8, 4) is 5.75 Å². The minimum absolute atomic E-state index is 0. The average Bonchev–Trinajstić information content (AvgIpc) is 2.72. The van der Waals surface area contributed by atoms with Crippen LogP contribution in [0, 0.1) is 5.41 Å². The third-order valence-corrected chi connectivity index (χ3v) is 5.17. The number of benzene rings is 1. The lowest BCUT2D eigenvalue weighted by molar-refractivity contribution is -0.154. The molecular formula is C18H25NO5S. The van der Waals surface area contributed by atoms with Crippen LogP contribution in [0.3, 0.4) is 0 Å². The third-order valence-electron chi connectivity index (χ3n) is 5.17. The first-order valence-electron chi connectivity index (χ1n) is 8.27. The second-order valence-corrected chi connectivity index (χ2v) is 6.70.